The van der Waals surface area contributed by atoms with Gasteiger partial charge in [-0.25, -0.2) is 19.9 Å². The zero-order chi connectivity index (χ0) is 17.0. The fourth-order valence-electron chi connectivity index (χ4n) is 3.37. The molecule has 0 N–H and O–H groups in total. The molecule has 0 bridgehead atoms. The third-order valence-corrected chi connectivity index (χ3v) is 4.31. The van der Waals surface area contributed by atoms with Gasteiger partial charge < -0.3 is 18.3 Å². The van der Waals surface area contributed by atoms with E-state index in [2.05, 4.69) is 38.2 Å². The number of hydrogen-bond donors (Lipinski definition) is 0. The third-order valence-electron chi connectivity index (χ3n) is 4.31. The monoisotopic (exact) mass is 336 g/mol. The van der Waals surface area contributed by atoms with Crippen molar-refractivity contribution in [2.45, 2.75) is 26.2 Å². The Morgan fingerprint density at radius 2 is 0.760 bits per heavy atom. The number of rotatable bonds is 8. The highest BCUT2D eigenvalue weighted by molar-refractivity contribution is 4.91. The van der Waals surface area contributed by atoms with Crippen LogP contribution in [0.2, 0.25) is 0 Å². The van der Waals surface area contributed by atoms with E-state index in [0.717, 1.165) is 26.2 Å². The van der Waals surface area contributed by atoms with Crippen molar-refractivity contribution in [3.8, 4) is 0 Å². The quantitative estimate of drug-likeness (QED) is 0.489. The molecule has 8 heteroatoms. The Kier molecular flexibility index (Phi) is 4.16. The number of imidazole rings is 4. The number of hydrogen-bond acceptors (Lipinski definition) is 4. The van der Waals surface area contributed by atoms with Gasteiger partial charge in [-0.1, -0.05) is 0 Å². The zero-order valence-corrected chi connectivity index (χ0v) is 13.8. The van der Waals surface area contributed by atoms with E-state index in [-0.39, 0.29) is 5.41 Å². The van der Waals surface area contributed by atoms with E-state index in [4.69, 9.17) is 0 Å². The summed E-state index contributed by atoms with van der Waals surface area (Å²) in [7, 11) is 0. The number of nitrogens with zero attached hydrogens (tertiary/aromatic N) is 8. The molecule has 0 saturated carbocycles. The van der Waals surface area contributed by atoms with Gasteiger partial charge >= 0.3 is 0 Å². The predicted octanol–water partition coefficient (Wildman–Crippen LogP) is 1.56. The highest BCUT2D eigenvalue weighted by Crippen LogP contribution is 2.28. The normalized spacial score (nSPS) is 11.8. The lowest BCUT2D eigenvalue weighted by molar-refractivity contribution is 0.135. The van der Waals surface area contributed by atoms with Gasteiger partial charge in [0.25, 0.3) is 0 Å². The first-order valence-corrected chi connectivity index (χ1v) is 8.14. The molecular formula is C17H20N8. The van der Waals surface area contributed by atoms with Gasteiger partial charge in [-0.2, -0.15) is 0 Å². The fraction of sp³-hybridized carbons (Fsp3) is 0.294. The highest BCUT2D eigenvalue weighted by atomic mass is 15.1. The Balaban J connectivity index is 1.70. The first-order valence-electron chi connectivity index (χ1n) is 8.14. The van der Waals surface area contributed by atoms with E-state index in [1.807, 2.05) is 74.9 Å². The van der Waals surface area contributed by atoms with Gasteiger partial charge in [-0.15, -0.1) is 0 Å². The first kappa shape index (κ1) is 15.4. The van der Waals surface area contributed by atoms with Crippen LogP contribution in [0.25, 0.3) is 0 Å². The van der Waals surface area contributed by atoms with Gasteiger partial charge in [0.2, 0.25) is 0 Å². The highest BCUT2D eigenvalue weighted by Gasteiger charge is 2.32. The second kappa shape index (κ2) is 6.76. The van der Waals surface area contributed by atoms with Crippen LogP contribution < -0.4 is 0 Å². The number of aromatic nitrogens is 8. The fourth-order valence-corrected chi connectivity index (χ4v) is 3.37. The van der Waals surface area contributed by atoms with Gasteiger partial charge in [0, 0.05) is 81.2 Å². The van der Waals surface area contributed by atoms with Crippen LogP contribution in [-0.2, 0) is 26.2 Å². The van der Waals surface area contributed by atoms with Crippen LogP contribution in [0.15, 0.2) is 74.9 Å². The van der Waals surface area contributed by atoms with Crippen LogP contribution >= 0.6 is 0 Å². The minimum Gasteiger partial charge on any atom is -0.337 e. The Bertz CT molecular complexity index is 694. The van der Waals surface area contributed by atoms with Crippen molar-refractivity contribution in [3.63, 3.8) is 0 Å². The molecule has 128 valence electrons. The second-order valence-electron chi connectivity index (χ2n) is 6.44. The lowest BCUT2D eigenvalue weighted by Gasteiger charge is -2.35. The minimum atomic E-state index is -0.108. The second-order valence-corrected chi connectivity index (χ2v) is 6.44. The van der Waals surface area contributed by atoms with Crippen LogP contribution in [-0.4, -0.2) is 38.2 Å². The van der Waals surface area contributed by atoms with Crippen molar-refractivity contribution in [2.75, 3.05) is 0 Å². The smallest absolute Gasteiger partial charge is 0.0946 e. The molecule has 4 aromatic rings. The van der Waals surface area contributed by atoms with Crippen LogP contribution in [0.4, 0.5) is 0 Å². The maximum atomic E-state index is 4.20. The molecule has 25 heavy (non-hydrogen) atoms. The summed E-state index contributed by atoms with van der Waals surface area (Å²) in [4.78, 5) is 16.8. The van der Waals surface area contributed by atoms with Crippen molar-refractivity contribution in [3.05, 3.63) is 74.9 Å². The molecule has 0 radical (unpaired) electrons. The van der Waals surface area contributed by atoms with Crippen LogP contribution in [0, 0.1) is 5.41 Å². The van der Waals surface area contributed by atoms with Crippen molar-refractivity contribution >= 4 is 0 Å². The van der Waals surface area contributed by atoms with Crippen LogP contribution in [0.3, 0.4) is 0 Å². The standard InChI is InChI=1S/C17H20N8/c1-5-22(13-18-1)9-17(10-23-6-2-19-14-23,11-24-7-3-20-15-24)12-25-8-4-21-16-25/h1-8,13-16H,9-12H2. The molecule has 0 fully saturated rings. The van der Waals surface area contributed by atoms with Crippen LogP contribution in [0.1, 0.15) is 0 Å². The lowest BCUT2D eigenvalue weighted by atomic mass is 9.86. The first-order chi connectivity index (χ1) is 12.3. The summed E-state index contributed by atoms with van der Waals surface area (Å²) in [5.74, 6) is 0. The average molecular weight is 336 g/mol. The molecule has 4 heterocycles. The topological polar surface area (TPSA) is 71.3 Å². The van der Waals surface area contributed by atoms with Gasteiger partial charge in [-0.05, 0) is 0 Å². The predicted molar refractivity (Wildman–Crippen MR) is 91.3 cm³/mol. The summed E-state index contributed by atoms with van der Waals surface area (Å²) >= 11 is 0. The maximum absolute atomic E-state index is 4.20. The lowest BCUT2D eigenvalue weighted by Crippen LogP contribution is -2.39. The van der Waals surface area contributed by atoms with Gasteiger partial charge in [0.15, 0.2) is 0 Å². The molecule has 0 atom stereocenters. The summed E-state index contributed by atoms with van der Waals surface area (Å²) in [6.07, 6.45) is 22.7. The van der Waals surface area contributed by atoms with Gasteiger partial charge in [-0.3, -0.25) is 0 Å². The van der Waals surface area contributed by atoms with E-state index in [1.54, 1.807) is 0 Å². The van der Waals surface area contributed by atoms with Crippen molar-refractivity contribution in [1.82, 2.24) is 38.2 Å². The summed E-state index contributed by atoms with van der Waals surface area (Å²) in [6.45, 7) is 3.28. The Labute approximate surface area is 145 Å². The third kappa shape index (κ3) is 3.68. The maximum Gasteiger partial charge on any atom is 0.0946 e. The van der Waals surface area contributed by atoms with Crippen molar-refractivity contribution in [1.29, 1.82) is 0 Å². The van der Waals surface area contributed by atoms with E-state index in [0.29, 0.717) is 0 Å². The van der Waals surface area contributed by atoms with E-state index in [1.165, 1.54) is 0 Å². The SMILES string of the molecule is c1cn(CC(Cn2ccnc2)(Cn2ccnc2)Cn2ccnc2)cn1. The summed E-state index contributed by atoms with van der Waals surface area (Å²) < 4.78 is 8.52. The van der Waals surface area contributed by atoms with E-state index < -0.39 is 0 Å². The Morgan fingerprint density at radius 1 is 0.480 bits per heavy atom. The molecule has 0 aliphatic heterocycles. The minimum absolute atomic E-state index is 0.108. The summed E-state index contributed by atoms with van der Waals surface area (Å²) in [5.41, 5.74) is -0.108. The molecule has 0 aliphatic carbocycles. The van der Waals surface area contributed by atoms with Crippen molar-refractivity contribution in [2.24, 2.45) is 5.41 Å². The molecule has 4 rings (SSSR count). The molecular weight excluding hydrogens is 316 g/mol. The molecule has 0 spiro atoms. The molecule has 0 saturated heterocycles. The zero-order valence-electron chi connectivity index (χ0n) is 13.8. The Hall–Kier alpha value is -3.16. The van der Waals surface area contributed by atoms with Crippen molar-refractivity contribution < 1.29 is 0 Å². The van der Waals surface area contributed by atoms with Gasteiger partial charge in [0.1, 0.15) is 0 Å². The molecule has 0 aliphatic rings. The molecule has 8 nitrogen and oxygen atoms in total. The molecule has 4 aromatic heterocycles. The molecule has 0 amide bonds. The summed E-state index contributed by atoms with van der Waals surface area (Å²) in [5, 5.41) is 0. The largest absolute Gasteiger partial charge is 0.337 e. The van der Waals surface area contributed by atoms with E-state index >= 15 is 0 Å². The van der Waals surface area contributed by atoms with Crippen LogP contribution in [0.5, 0.6) is 0 Å². The Morgan fingerprint density at radius 3 is 0.960 bits per heavy atom. The van der Waals surface area contributed by atoms with Gasteiger partial charge in [0.05, 0.1) is 25.3 Å². The summed E-state index contributed by atoms with van der Waals surface area (Å²) in [6, 6.07) is 0. The molecule has 0 unspecified atom stereocenters. The van der Waals surface area contributed by atoms with E-state index in [9.17, 15) is 0 Å². The molecule has 0 aromatic carbocycles. The average Bonchev–Trinajstić information content (AvgIpc) is 3.37.